The number of carbonyl (C=O) groups excluding carboxylic acids is 2. The van der Waals surface area contributed by atoms with Gasteiger partial charge in [-0.1, -0.05) is 24.6 Å². The molecule has 0 radical (unpaired) electrons. The quantitative estimate of drug-likeness (QED) is 0.577. The van der Waals surface area contributed by atoms with Crippen LogP contribution in [0.5, 0.6) is 5.75 Å². The smallest absolute Gasteiger partial charge is 0.237 e. The summed E-state index contributed by atoms with van der Waals surface area (Å²) in [7, 11) is 1.55. The number of hydrogen-bond acceptors (Lipinski definition) is 4. The minimum absolute atomic E-state index is 0.0725. The highest BCUT2D eigenvalue weighted by atomic mass is 35.5. The lowest BCUT2D eigenvalue weighted by Crippen LogP contribution is -2.24. The third-order valence-corrected chi connectivity index (χ3v) is 6.06. The normalized spacial score (nSPS) is 14.2. The van der Waals surface area contributed by atoms with Crippen molar-refractivity contribution in [3.63, 3.8) is 0 Å². The van der Waals surface area contributed by atoms with Gasteiger partial charge in [0.05, 0.1) is 17.4 Å². The zero-order chi connectivity index (χ0) is 20.1. The first kappa shape index (κ1) is 20.6. The van der Waals surface area contributed by atoms with Gasteiger partial charge < -0.3 is 15.4 Å². The molecule has 148 valence electrons. The van der Waals surface area contributed by atoms with Crippen LogP contribution < -0.4 is 15.4 Å². The maximum atomic E-state index is 12.7. The maximum absolute atomic E-state index is 12.7. The van der Waals surface area contributed by atoms with Gasteiger partial charge in [0.15, 0.2) is 0 Å². The molecule has 1 aliphatic rings. The summed E-state index contributed by atoms with van der Waals surface area (Å²) in [5.41, 5.74) is 1.39. The Hall–Kier alpha value is -2.18. The van der Waals surface area contributed by atoms with Crippen LogP contribution in [-0.4, -0.2) is 24.2 Å². The summed E-state index contributed by atoms with van der Waals surface area (Å²) in [6.45, 7) is 1.97. The summed E-state index contributed by atoms with van der Waals surface area (Å²) in [5, 5.41) is 6.02. The molecule has 0 spiro atoms. The number of methoxy groups -OCH3 is 1. The lowest BCUT2D eigenvalue weighted by molar-refractivity contribution is -0.117. The van der Waals surface area contributed by atoms with Crippen molar-refractivity contribution in [2.45, 2.75) is 36.3 Å². The van der Waals surface area contributed by atoms with Crippen molar-refractivity contribution in [3.05, 3.63) is 47.5 Å². The minimum Gasteiger partial charge on any atom is -0.495 e. The number of halogens is 1. The highest BCUT2D eigenvalue weighted by Crippen LogP contribution is 2.32. The van der Waals surface area contributed by atoms with Gasteiger partial charge in [0.1, 0.15) is 5.75 Å². The van der Waals surface area contributed by atoms with Crippen LogP contribution in [0.1, 0.15) is 26.2 Å². The summed E-state index contributed by atoms with van der Waals surface area (Å²) >= 11 is 7.60. The van der Waals surface area contributed by atoms with Gasteiger partial charge in [0.25, 0.3) is 0 Å². The van der Waals surface area contributed by atoms with E-state index in [1.54, 1.807) is 25.3 Å². The number of ether oxygens (including phenoxy) is 1. The average molecular weight is 419 g/mol. The van der Waals surface area contributed by atoms with E-state index >= 15 is 0 Å². The van der Waals surface area contributed by atoms with Crippen LogP contribution in [0.2, 0.25) is 5.02 Å². The van der Waals surface area contributed by atoms with Gasteiger partial charge >= 0.3 is 0 Å². The Morgan fingerprint density at radius 1 is 1.18 bits per heavy atom. The molecule has 0 heterocycles. The van der Waals surface area contributed by atoms with Crippen molar-refractivity contribution in [2.75, 3.05) is 17.7 Å². The van der Waals surface area contributed by atoms with E-state index in [0.29, 0.717) is 22.9 Å². The predicted molar refractivity (Wildman–Crippen MR) is 114 cm³/mol. The van der Waals surface area contributed by atoms with Crippen molar-refractivity contribution >= 4 is 46.6 Å². The monoisotopic (exact) mass is 418 g/mol. The highest BCUT2D eigenvalue weighted by molar-refractivity contribution is 8.00. The summed E-state index contributed by atoms with van der Waals surface area (Å²) in [4.78, 5) is 25.6. The van der Waals surface area contributed by atoms with Crippen LogP contribution in [0, 0.1) is 5.92 Å². The van der Waals surface area contributed by atoms with E-state index in [1.165, 1.54) is 11.8 Å². The largest absolute Gasteiger partial charge is 0.495 e. The first-order valence-electron chi connectivity index (χ1n) is 9.22. The van der Waals surface area contributed by atoms with Crippen molar-refractivity contribution < 1.29 is 14.3 Å². The van der Waals surface area contributed by atoms with Crippen LogP contribution in [0.25, 0.3) is 0 Å². The lowest BCUT2D eigenvalue weighted by Gasteiger charge is -2.16. The highest BCUT2D eigenvalue weighted by Gasteiger charge is 2.29. The van der Waals surface area contributed by atoms with Gasteiger partial charge in [-0.05, 0) is 55.7 Å². The number of rotatable bonds is 8. The molecule has 1 atom stereocenters. The van der Waals surface area contributed by atoms with Crippen LogP contribution in [0.4, 0.5) is 11.4 Å². The van der Waals surface area contributed by atoms with Gasteiger partial charge in [-0.3, -0.25) is 9.59 Å². The second kappa shape index (κ2) is 9.34. The van der Waals surface area contributed by atoms with E-state index in [4.69, 9.17) is 16.3 Å². The Morgan fingerprint density at radius 2 is 1.93 bits per heavy atom. The van der Waals surface area contributed by atoms with E-state index in [1.807, 2.05) is 31.2 Å². The van der Waals surface area contributed by atoms with Gasteiger partial charge in [0.2, 0.25) is 11.8 Å². The Labute approximate surface area is 174 Å². The number of nitrogens with one attached hydrogen (secondary N) is 2. The van der Waals surface area contributed by atoms with Crippen LogP contribution in [-0.2, 0) is 9.59 Å². The molecular formula is C21H23ClN2O3S. The Kier molecular flexibility index (Phi) is 6.86. The fourth-order valence-electron chi connectivity index (χ4n) is 2.69. The van der Waals surface area contributed by atoms with E-state index < -0.39 is 0 Å². The van der Waals surface area contributed by atoms with Crippen molar-refractivity contribution in [3.8, 4) is 5.75 Å². The minimum atomic E-state index is -0.268. The molecule has 2 aromatic rings. The van der Waals surface area contributed by atoms with E-state index in [9.17, 15) is 9.59 Å². The molecule has 2 amide bonds. The first-order valence-corrected chi connectivity index (χ1v) is 10.5. The lowest BCUT2D eigenvalue weighted by atomic mass is 10.2. The topological polar surface area (TPSA) is 67.4 Å². The van der Waals surface area contributed by atoms with E-state index in [-0.39, 0.29) is 23.0 Å². The molecule has 2 N–H and O–H groups in total. The molecule has 1 unspecified atom stereocenters. The van der Waals surface area contributed by atoms with Gasteiger partial charge in [-0.15, -0.1) is 11.8 Å². The molecule has 28 heavy (non-hydrogen) atoms. The van der Waals surface area contributed by atoms with Crippen molar-refractivity contribution in [1.29, 1.82) is 0 Å². The Balaban J connectivity index is 1.63. The van der Waals surface area contributed by atoms with E-state index in [2.05, 4.69) is 10.6 Å². The Bertz CT molecular complexity index is 870. The summed E-state index contributed by atoms with van der Waals surface area (Å²) in [6.07, 6.45) is 2.60. The molecule has 0 bridgehead atoms. The third kappa shape index (κ3) is 5.42. The van der Waals surface area contributed by atoms with Crippen LogP contribution in [0.15, 0.2) is 47.4 Å². The summed E-state index contributed by atoms with van der Waals surface area (Å²) < 4.78 is 5.13. The standard InChI is InChI=1S/C21H23ClN2O3S/c1-3-19(21(26)24-15-9-10-18(27-2)17(22)12-15)28-16-6-4-5-14(11-16)23-20(25)13-7-8-13/h4-6,9-13,19H,3,7-8H2,1-2H3,(H,23,25)(H,24,26). The van der Waals surface area contributed by atoms with Crippen LogP contribution in [0.3, 0.4) is 0 Å². The fourth-order valence-corrected chi connectivity index (χ4v) is 3.96. The molecule has 0 saturated heterocycles. The van der Waals surface area contributed by atoms with Gasteiger partial charge in [0, 0.05) is 22.2 Å². The molecule has 1 saturated carbocycles. The zero-order valence-electron chi connectivity index (χ0n) is 15.8. The molecular weight excluding hydrogens is 396 g/mol. The number of thioether (sulfide) groups is 1. The first-order chi connectivity index (χ1) is 13.5. The average Bonchev–Trinajstić information content (AvgIpc) is 3.52. The molecule has 3 rings (SSSR count). The fraction of sp³-hybridized carbons (Fsp3) is 0.333. The Morgan fingerprint density at radius 3 is 2.57 bits per heavy atom. The second-order valence-corrected chi connectivity index (χ2v) is 8.33. The number of anilines is 2. The van der Waals surface area contributed by atoms with Gasteiger partial charge in [-0.25, -0.2) is 0 Å². The SMILES string of the molecule is CCC(Sc1cccc(NC(=O)C2CC2)c1)C(=O)Nc1ccc(OC)c(Cl)c1. The molecule has 0 aromatic heterocycles. The predicted octanol–water partition coefficient (Wildman–Crippen LogP) is 5.21. The third-order valence-electron chi connectivity index (χ3n) is 4.41. The maximum Gasteiger partial charge on any atom is 0.237 e. The number of hydrogen-bond donors (Lipinski definition) is 2. The zero-order valence-corrected chi connectivity index (χ0v) is 17.4. The number of benzene rings is 2. The second-order valence-electron chi connectivity index (χ2n) is 6.64. The molecule has 2 aromatic carbocycles. The molecule has 5 nitrogen and oxygen atoms in total. The summed E-state index contributed by atoms with van der Waals surface area (Å²) in [5.74, 6) is 0.692. The van der Waals surface area contributed by atoms with Crippen LogP contribution >= 0.6 is 23.4 Å². The molecule has 1 aliphatic carbocycles. The van der Waals surface area contributed by atoms with Gasteiger partial charge in [-0.2, -0.15) is 0 Å². The molecule has 0 aliphatic heterocycles. The number of carbonyl (C=O) groups is 2. The number of amides is 2. The van der Waals surface area contributed by atoms with Crippen molar-refractivity contribution in [2.24, 2.45) is 5.92 Å². The molecule has 7 heteroatoms. The molecule has 1 fully saturated rings. The summed E-state index contributed by atoms with van der Waals surface area (Å²) in [6, 6.07) is 12.8. The van der Waals surface area contributed by atoms with E-state index in [0.717, 1.165) is 23.4 Å². The van der Waals surface area contributed by atoms with Crippen molar-refractivity contribution in [1.82, 2.24) is 0 Å².